The maximum atomic E-state index is 13.4. The molecule has 3 N–H and O–H groups in total. The minimum Gasteiger partial charge on any atom is -0.394 e. The summed E-state index contributed by atoms with van der Waals surface area (Å²) in [6.07, 6.45) is 5.11. The molecule has 3 aromatic heterocycles. The first-order valence-corrected chi connectivity index (χ1v) is 14.2. The third-order valence-electron chi connectivity index (χ3n) is 5.44. The van der Waals surface area contributed by atoms with Gasteiger partial charge < -0.3 is 10.4 Å². The maximum absolute atomic E-state index is 13.4. The molecule has 0 saturated heterocycles. The molecule has 0 spiro atoms. The number of thiophene rings is 1. The Balaban J connectivity index is 1.60. The lowest BCUT2D eigenvalue weighted by Crippen LogP contribution is -2.36. The fourth-order valence-electron chi connectivity index (χ4n) is 3.71. The predicted octanol–water partition coefficient (Wildman–Crippen LogP) is 1.84. The molecular formula is C20H25N5O5S3. The zero-order valence-corrected chi connectivity index (χ0v) is 20.5. The highest BCUT2D eigenvalue weighted by atomic mass is 32.2. The van der Waals surface area contributed by atoms with Gasteiger partial charge in [-0.1, -0.05) is 0 Å². The number of hydrogen-bond acceptors (Lipinski definition) is 9. The number of aromatic nitrogens is 3. The summed E-state index contributed by atoms with van der Waals surface area (Å²) < 4.78 is 56.5. The van der Waals surface area contributed by atoms with Crippen LogP contribution in [0.1, 0.15) is 36.1 Å². The summed E-state index contributed by atoms with van der Waals surface area (Å²) in [5, 5.41) is 17.2. The van der Waals surface area contributed by atoms with E-state index in [1.54, 1.807) is 48.6 Å². The Morgan fingerprint density at radius 2 is 2.12 bits per heavy atom. The number of aliphatic hydroxyl groups is 1. The van der Waals surface area contributed by atoms with Crippen molar-refractivity contribution in [1.82, 2.24) is 19.5 Å². The van der Waals surface area contributed by atoms with Gasteiger partial charge in [0.15, 0.2) is 9.84 Å². The first kappa shape index (κ1) is 23.8. The average molecular weight is 512 g/mol. The monoisotopic (exact) mass is 511 g/mol. The Hall–Kier alpha value is -2.32. The van der Waals surface area contributed by atoms with Gasteiger partial charge in [-0.05, 0) is 48.9 Å². The Morgan fingerprint density at radius 3 is 2.88 bits per heavy atom. The van der Waals surface area contributed by atoms with Crippen molar-refractivity contribution in [2.75, 3.05) is 11.9 Å². The molecule has 178 valence electrons. The lowest BCUT2D eigenvalue weighted by atomic mass is 10.1. The van der Waals surface area contributed by atoms with Crippen LogP contribution in [0.15, 0.2) is 45.2 Å². The zero-order valence-electron chi connectivity index (χ0n) is 18.1. The molecule has 4 rings (SSSR count). The van der Waals surface area contributed by atoms with E-state index < -0.39 is 31.2 Å². The minimum absolute atomic E-state index is 0.0110. The SMILES string of the molecule is Cc1cnc(NCc2cnn(CCO)c2)c(S(=O)(=O)N[C@H]2C[C@H](C)S(=O)(=O)c3sccc32)c1. The second kappa shape index (κ2) is 9.14. The molecule has 2 atom stereocenters. The third-order valence-corrected chi connectivity index (χ3v) is 10.6. The number of sulfonamides is 1. The quantitative estimate of drug-likeness (QED) is 0.416. The number of aliphatic hydroxyl groups excluding tert-OH is 1. The van der Waals surface area contributed by atoms with Gasteiger partial charge in [-0.25, -0.2) is 26.5 Å². The smallest absolute Gasteiger partial charge is 0.244 e. The first-order valence-electron chi connectivity index (χ1n) is 10.3. The lowest BCUT2D eigenvalue weighted by molar-refractivity contribution is 0.269. The number of nitrogens with zero attached hydrogens (tertiary/aromatic N) is 3. The molecular weight excluding hydrogens is 486 g/mol. The van der Waals surface area contributed by atoms with Gasteiger partial charge in [0.1, 0.15) is 14.9 Å². The van der Waals surface area contributed by atoms with Crippen LogP contribution in [0.4, 0.5) is 5.82 Å². The van der Waals surface area contributed by atoms with E-state index in [0.29, 0.717) is 17.7 Å². The standard InChI is InChI=1S/C20H25N5O5S3/c1-13-7-18(19(21-9-13)22-10-15-11-23-25(12-15)4-5-26)33(29,30)24-17-8-14(2)32(27,28)20-16(17)3-6-31-20/h3,6-7,9,11-12,14,17,24,26H,4-5,8,10H2,1-2H3,(H,21,22)/t14-,17-/m0/s1. The molecule has 4 heterocycles. The molecule has 0 unspecified atom stereocenters. The van der Waals surface area contributed by atoms with E-state index in [-0.39, 0.29) is 34.5 Å². The van der Waals surface area contributed by atoms with Crippen LogP contribution in [-0.2, 0) is 33.0 Å². The van der Waals surface area contributed by atoms with Crippen molar-refractivity contribution in [1.29, 1.82) is 0 Å². The molecule has 33 heavy (non-hydrogen) atoms. The van der Waals surface area contributed by atoms with Gasteiger partial charge in [0.05, 0.1) is 30.6 Å². The van der Waals surface area contributed by atoms with Gasteiger partial charge in [0.2, 0.25) is 10.0 Å². The molecule has 0 fully saturated rings. The van der Waals surface area contributed by atoms with Crippen LogP contribution in [0.25, 0.3) is 0 Å². The third kappa shape index (κ3) is 4.82. The molecule has 1 aliphatic rings. The minimum atomic E-state index is -4.02. The number of pyridine rings is 1. The van der Waals surface area contributed by atoms with Crippen molar-refractivity contribution in [2.24, 2.45) is 0 Å². The van der Waals surface area contributed by atoms with Crippen LogP contribution in [0.5, 0.6) is 0 Å². The molecule has 10 nitrogen and oxygen atoms in total. The predicted molar refractivity (Wildman–Crippen MR) is 124 cm³/mol. The van der Waals surface area contributed by atoms with Crippen molar-refractivity contribution in [3.63, 3.8) is 0 Å². The van der Waals surface area contributed by atoms with Crippen LogP contribution in [0.3, 0.4) is 0 Å². The van der Waals surface area contributed by atoms with Gasteiger partial charge in [-0.15, -0.1) is 11.3 Å². The van der Waals surface area contributed by atoms with E-state index in [9.17, 15) is 16.8 Å². The second-order valence-electron chi connectivity index (χ2n) is 7.98. The number of anilines is 1. The maximum Gasteiger partial charge on any atom is 0.244 e. The van der Waals surface area contributed by atoms with E-state index in [4.69, 9.17) is 5.11 Å². The highest BCUT2D eigenvalue weighted by molar-refractivity contribution is 7.94. The van der Waals surface area contributed by atoms with Crippen molar-refractivity contribution in [2.45, 2.75) is 53.8 Å². The van der Waals surface area contributed by atoms with E-state index in [2.05, 4.69) is 20.1 Å². The lowest BCUT2D eigenvalue weighted by Gasteiger charge is -2.28. The molecule has 0 amide bonds. The number of hydrogen-bond donors (Lipinski definition) is 3. The van der Waals surface area contributed by atoms with Crippen LogP contribution >= 0.6 is 11.3 Å². The fraction of sp³-hybridized carbons (Fsp3) is 0.400. The average Bonchev–Trinajstić information content (AvgIpc) is 3.42. The molecule has 0 radical (unpaired) electrons. The number of nitrogens with one attached hydrogen (secondary N) is 2. The van der Waals surface area contributed by atoms with E-state index >= 15 is 0 Å². The van der Waals surface area contributed by atoms with Crippen LogP contribution < -0.4 is 10.0 Å². The van der Waals surface area contributed by atoms with Gasteiger partial charge in [0, 0.05) is 24.5 Å². The van der Waals surface area contributed by atoms with E-state index in [1.807, 2.05) is 0 Å². The highest BCUT2D eigenvalue weighted by Crippen LogP contribution is 2.40. The summed E-state index contributed by atoms with van der Waals surface area (Å²) in [7, 11) is -7.47. The van der Waals surface area contributed by atoms with Gasteiger partial charge in [0.25, 0.3) is 0 Å². The summed E-state index contributed by atoms with van der Waals surface area (Å²) in [6.45, 7) is 3.97. The fourth-order valence-corrected chi connectivity index (χ4v) is 8.39. The molecule has 0 bridgehead atoms. The van der Waals surface area contributed by atoms with Crippen LogP contribution in [-0.4, -0.2) is 48.6 Å². The van der Waals surface area contributed by atoms with Crippen molar-refractivity contribution < 1.29 is 21.9 Å². The molecule has 3 aromatic rings. The van der Waals surface area contributed by atoms with Crippen LogP contribution in [0, 0.1) is 6.92 Å². The Labute approximate surface area is 196 Å². The normalized spacial score (nSPS) is 19.8. The topological polar surface area (TPSA) is 143 Å². The first-order chi connectivity index (χ1) is 15.6. The largest absolute Gasteiger partial charge is 0.394 e. The summed E-state index contributed by atoms with van der Waals surface area (Å²) in [5.74, 6) is 0.185. The molecule has 0 saturated carbocycles. The van der Waals surface area contributed by atoms with E-state index in [1.165, 1.54) is 6.07 Å². The highest BCUT2D eigenvalue weighted by Gasteiger charge is 2.39. The van der Waals surface area contributed by atoms with Crippen molar-refractivity contribution in [3.8, 4) is 0 Å². The van der Waals surface area contributed by atoms with Gasteiger partial charge in [-0.3, -0.25) is 4.68 Å². The summed E-state index contributed by atoms with van der Waals surface area (Å²) in [4.78, 5) is 4.27. The number of fused-ring (bicyclic) bond motifs is 1. The van der Waals surface area contributed by atoms with Gasteiger partial charge in [-0.2, -0.15) is 5.10 Å². The second-order valence-corrected chi connectivity index (χ2v) is 13.1. The van der Waals surface area contributed by atoms with E-state index in [0.717, 1.165) is 16.9 Å². The van der Waals surface area contributed by atoms with Gasteiger partial charge >= 0.3 is 0 Å². The molecule has 1 aliphatic heterocycles. The number of aryl methyl sites for hydroxylation is 1. The molecule has 0 aromatic carbocycles. The zero-order chi connectivity index (χ0) is 23.8. The molecule has 0 aliphatic carbocycles. The van der Waals surface area contributed by atoms with Crippen LogP contribution in [0.2, 0.25) is 0 Å². The summed E-state index contributed by atoms with van der Waals surface area (Å²) >= 11 is 1.11. The number of rotatable bonds is 8. The molecule has 13 heteroatoms. The Kier molecular flexibility index (Phi) is 6.60. The summed E-state index contributed by atoms with van der Waals surface area (Å²) in [6, 6.07) is 2.54. The van der Waals surface area contributed by atoms with Crippen molar-refractivity contribution in [3.05, 3.63) is 52.8 Å². The Morgan fingerprint density at radius 1 is 1.33 bits per heavy atom. The summed E-state index contributed by atoms with van der Waals surface area (Å²) in [5.41, 5.74) is 1.96. The number of sulfone groups is 1. The Bertz CT molecular complexity index is 1360. The van der Waals surface area contributed by atoms with Crippen molar-refractivity contribution >= 4 is 37.0 Å².